The van der Waals surface area contributed by atoms with Crippen molar-refractivity contribution in [1.29, 1.82) is 0 Å². The fourth-order valence-corrected chi connectivity index (χ4v) is 5.31. The van der Waals surface area contributed by atoms with E-state index in [4.69, 9.17) is 16.6 Å². The Hall–Kier alpha value is -5.38. The minimum atomic E-state index is -1.90. The third-order valence-corrected chi connectivity index (χ3v) is 8.44. The lowest BCUT2D eigenvalue weighted by Crippen LogP contribution is -2.61. The Bertz CT molecular complexity index is 1410. The van der Waals surface area contributed by atoms with Crippen LogP contribution in [0.5, 0.6) is 0 Å². The van der Waals surface area contributed by atoms with Gasteiger partial charge >= 0.3 is 17.9 Å². The third kappa shape index (κ3) is 14.3. The van der Waals surface area contributed by atoms with Gasteiger partial charge in [-0.25, -0.2) is 4.79 Å². The number of carbonyl (C=O) groups is 10. The van der Waals surface area contributed by atoms with E-state index in [1.165, 1.54) is 18.7 Å². The molecule has 0 spiro atoms. The molecule has 1 fully saturated rings. The van der Waals surface area contributed by atoms with E-state index >= 15 is 0 Å². The zero-order chi connectivity index (χ0) is 40.7. The topological polar surface area (TPSA) is 367 Å². The van der Waals surface area contributed by atoms with Crippen LogP contribution < -0.4 is 38.1 Å². The molecule has 8 atom stereocenters. The lowest BCUT2D eigenvalue weighted by Gasteiger charge is -2.30. The largest absolute Gasteiger partial charge is 0.481 e. The highest BCUT2D eigenvalue weighted by Crippen LogP contribution is 2.20. The van der Waals surface area contributed by atoms with E-state index < -0.39 is 139 Å². The number of carboxylic acid groups (broad SMARTS) is 3. The Morgan fingerprint density at radius 3 is 1.72 bits per heavy atom. The molecule has 1 rings (SSSR count). The summed E-state index contributed by atoms with van der Waals surface area (Å²) in [6, 6.07) is -10.7. The van der Waals surface area contributed by atoms with Gasteiger partial charge in [0.2, 0.25) is 41.4 Å². The number of aliphatic carboxylic acids is 3. The van der Waals surface area contributed by atoms with Crippen LogP contribution in [0.15, 0.2) is 0 Å². The van der Waals surface area contributed by atoms with Gasteiger partial charge in [0.25, 0.3) is 0 Å². The van der Waals surface area contributed by atoms with Crippen LogP contribution in [0.2, 0.25) is 0 Å². The summed E-state index contributed by atoms with van der Waals surface area (Å²) in [6.45, 7) is 5.28. The number of nitrogens with two attached hydrogens (primary N) is 2. The first-order valence-electron chi connectivity index (χ1n) is 16.8. The zero-order valence-corrected chi connectivity index (χ0v) is 29.8. The van der Waals surface area contributed by atoms with Gasteiger partial charge in [-0.2, -0.15) is 0 Å². The molecule has 1 saturated heterocycles. The molecule has 0 aromatic rings. The normalized spacial score (nSPS) is 17.9. The SMILES string of the molecule is CC[C@H](C)[C@H](NC(=O)[C@@H]1CCCN1C(=O)[C@@H](N)CC(N)=O)C(=O)N[C@@H](CO)C(=O)N[C@@H](CC(=O)O)C(=O)N[C@H](C(=O)N[C@@H](CC(=O)O)C(=O)O)C(C)C. The van der Waals surface area contributed by atoms with Crippen LogP contribution in [0.4, 0.5) is 0 Å². The molecule has 22 nitrogen and oxygen atoms in total. The average molecular weight is 759 g/mol. The number of nitrogens with one attached hydrogen (secondary N) is 5. The van der Waals surface area contributed by atoms with E-state index in [-0.39, 0.29) is 13.0 Å². The number of primary amides is 1. The number of carboxylic acids is 3. The first-order chi connectivity index (χ1) is 24.6. The van der Waals surface area contributed by atoms with Gasteiger partial charge < -0.3 is 63.4 Å². The van der Waals surface area contributed by atoms with Crippen molar-refractivity contribution in [1.82, 2.24) is 31.5 Å². The first-order valence-corrected chi connectivity index (χ1v) is 16.8. The van der Waals surface area contributed by atoms with Crippen LogP contribution in [-0.4, -0.2) is 140 Å². The first kappa shape index (κ1) is 45.6. The van der Waals surface area contributed by atoms with E-state index in [9.17, 15) is 63.3 Å². The zero-order valence-electron chi connectivity index (χ0n) is 29.8. The van der Waals surface area contributed by atoms with Crippen molar-refractivity contribution in [3.8, 4) is 0 Å². The second-order valence-corrected chi connectivity index (χ2v) is 13.0. The summed E-state index contributed by atoms with van der Waals surface area (Å²) in [4.78, 5) is 125. The fraction of sp³-hybridized carbons (Fsp3) is 0.677. The van der Waals surface area contributed by atoms with Crippen LogP contribution in [0.25, 0.3) is 0 Å². The molecule has 0 unspecified atom stereocenters. The monoisotopic (exact) mass is 758 g/mol. The molecule has 0 radical (unpaired) electrons. The molecule has 1 heterocycles. The van der Waals surface area contributed by atoms with Gasteiger partial charge in [0.1, 0.15) is 36.3 Å². The molecule has 298 valence electrons. The summed E-state index contributed by atoms with van der Waals surface area (Å²) in [5, 5.41) is 48.7. The van der Waals surface area contributed by atoms with Gasteiger partial charge in [-0.3, -0.25) is 43.2 Å². The number of likely N-dealkylation sites (tertiary alicyclic amines) is 1. The fourth-order valence-electron chi connectivity index (χ4n) is 5.31. The predicted molar refractivity (Wildman–Crippen MR) is 180 cm³/mol. The summed E-state index contributed by atoms with van der Waals surface area (Å²) >= 11 is 0. The molecule has 1 aliphatic rings. The van der Waals surface area contributed by atoms with Crippen LogP contribution in [0, 0.1) is 11.8 Å². The lowest BCUT2D eigenvalue weighted by molar-refractivity contribution is -0.147. The van der Waals surface area contributed by atoms with Crippen LogP contribution in [0.1, 0.15) is 66.2 Å². The number of aliphatic hydroxyl groups is 1. The van der Waals surface area contributed by atoms with Gasteiger partial charge in [0.05, 0.1) is 31.9 Å². The maximum Gasteiger partial charge on any atom is 0.326 e. The van der Waals surface area contributed by atoms with E-state index in [0.717, 1.165) is 0 Å². The second-order valence-electron chi connectivity index (χ2n) is 13.0. The Morgan fingerprint density at radius 1 is 0.717 bits per heavy atom. The number of amides is 7. The van der Waals surface area contributed by atoms with E-state index in [0.29, 0.717) is 12.8 Å². The summed E-state index contributed by atoms with van der Waals surface area (Å²) in [5.41, 5.74) is 10.9. The Morgan fingerprint density at radius 2 is 1.23 bits per heavy atom. The van der Waals surface area contributed by atoms with Crippen LogP contribution in [-0.2, 0) is 47.9 Å². The highest BCUT2D eigenvalue weighted by molar-refractivity contribution is 5.98. The standard InChI is InChI=1S/C31H50N8O14/c1-5-14(4)24(38-27(48)19-7-6-8-39(19)30(51)15(32)9-20(33)41)29(50)36-18(12-40)26(47)34-16(10-21(42)43)25(46)37-23(13(2)3)28(49)35-17(31(52)53)11-22(44)45/h13-19,23-24,40H,5-12,32H2,1-4H3,(H2,33,41)(H,34,47)(H,35,49)(H,36,50)(H,37,46)(H,38,48)(H,42,43)(H,44,45)(H,52,53)/t14-,15-,16-,17-,18-,19-,23-,24-/m0/s1. The van der Waals surface area contributed by atoms with Crippen molar-refractivity contribution in [3.63, 3.8) is 0 Å². The van der Waals surface area contributed by atoms with Crippen LogP contribution in [0.3, 0.4) is 0 Å². The van der Waals surface area contributed by atoms with E-state index in [1.54, 1.807) is 13.8 Å². The quantitative estimate of drug-likeness (QED) is 0.0494. The molecule has 0 aromatic carbocycles. The van der Waals surface area contributed by atoms with Crippen molar-refractivity contribution in [3.05, 3.63) is 0 Å². The van der Waals surface area contributed by atoms with Crippen molar-refractivity contribution in [2.45, 2.75) is 109 Å². The minimum Gasteiger partial charge on any atom is -0.481 e. The minimum absolute atomic E-state index is 0.150. The Kier molecular flexibility index (Phi) is 18.3. The molecule has 13 N–H and O–H groups in total. The predicted octanol–water partition coefficient (Wildman–Crippen LogP) is -4.67. The second kappa shape index (κ2) is 21.2. The van der Waals surface area contributed by atoms with Crippen molar-refractivity contribution in [2.24, 2.45) is 23.3 Å². The molecular weight excluding hydrogens is 708 g/mol. The third-order valence-electron chi connectivity index (χ3n) is 8.44. The smallest absolute Gasteiger partial charge is 0.326 e. The van der Waals surface area contributed by atoms with Crippen LogP contribution >= 0.6 is 0 Å². The van der Waals surface area contributed by atoms with Gasteiger partial charge in [-0.1, -0.05) is 34.1 Å². The van der Waals surface area contributed by atoms with Gasteiger partial charge in [-0.15, -0.1) is 0 Å². The van der Waals surface area contributed by atoms with Crippen molar-refractivity contribution >= 4 is 59.3 Å². The lowest BCUT2D eigenvalue weighted by atomic mass is 9.97. The molecule has 0 aromatic heterocycles. The van der Waals surface area contributed by atoms with Crippen molar-refractivity contribution in [2.75, 3.05) is 13.2 Å². The maximum absolute atomic E-state index is 13.4. The molecule has 0 bridgehead atoms. The summed E-state index contributed by atoms with van der Waals surface area (Å²) in [7, 11) is 0. The van der Waals surface area contributed by atoms with E-state index in [1.807, 2.05) is 5.32 Å². The van der Waals surface area contributed by atoms with Gasteiger partial charge in [0, 0.05) is 6.54 Å². The Labute approximate surface area is 304 Å². The highest BCUT2D eigenvalue weighted by Gasteiger charge is 2.40. The molecule has 0 saturated carbocycles. The van der Waals surface area contributed by atoms with Gasteiger partial charge in [0.15, 0.2) is 0 Å². The number of aliphatic hydroxyl groups excluding tert-OH is 1. The number of hydrogen-bond donors (Lipinski definition) is 11. The average Bonchev–Trinajstić information content (AvgIpc) is 3.56. The molecule has 1 aliphatic heterocycles. The number of carbonyl (C=O) groups excluding carboxylic acids is 7. The number of nitrogens with zero attached hydrogens (tertiary/aromatic N) is 1. The molecule has 0 aliphatic carbocycles. The molecule has 53 heavy (non-hydrogen) atoms. The van der Waals surface area contributed by atoms with E-state index in [2.05, 4.69) is 21.3 Å². The summed E-state index contributed by atoms with van der Waals surface area (Å²) in [5.74, 6) is -12.9. The highest BCUT2D eigenvalue weighted by atomic mass is 16.4. The van der Waals surface area contributed by atoms with Crippen molar-refractivity contribution < 1.29 is 68.4 Å². The van der Waals surface area contributed by atoms with Gasteiger partial charge in [-0.05, 0) is 24.7 Å². The number of hydrogen-bond acceptors (Lipinski definition) is 12. The summed E-state index contributed by atoms with van der Waals surface area (Å²) in [6.07, 6.45) is -1.51. The Balaban J connectivity index is 3.15. The summed E-state index contributed by atoms with van der Waals surface area (Å²) < 4.78 is 0. The number of rotatable bonds is 22. The maximum atomic E-state index is 13.4. The molecule has 7 amide bonds. The molecule has 22 heteroatoms. The molecular formula is C31H50N8O14.